The van der Waals surface area contributed by atoms with Gasteiger partial charge in [0, 0.05) is 11.2 Å². The number of halogens is 2. The van der Waals surface area contributed by atoms with E-state index in [-0.39, 0.29) is 16.9 Å². The number of fused-ring (bicyclic) bond motifs is 1. The molecule has 3 N–H and O–H groups in total. The molecule has 0 unspecified atom stereocenters. The first-order valence-corrected chi connectivity index (χ1v) is 7.99. The lowest BCUT2D eigenvalue weighted by Gasteiger charge is -2.17. The molecule has 134 valence electrons. The summed E-state index contributed by atoms with van der Waals surface area (Å²) in [7, 11) is 0. The van der Waals surface area contributed by atoms with Crippen molar-refractivity contribution in [1.82, 2.24) is 15.0 Å². The first kappa shape index (κ1) is 17.8. The number of aryl methyl sites for hydroxylation is 1. The van der Waals surface area contributed by atoms with Gasteiger partial charge in [-0.05, 0) is 37.6 Å². The highest BCUT2D eigenvalue weighted by molar-refractivity contribution is 6.32. The van der Waals surface area contributed by atoms with Gasteiger partial charge in [0.15, 0.2) is 11.6 Å². The second-order valence-corrected chi connectivity index (χ2v) is 6.18. The fourth-order valence-corrected chi connectivity index (χ4v) is 2.89. The average Bonchev–Trinajstić information content (AvgIpc) is 2.55. The zero-order chi connectivity index (χ0) is 19.0. The summed E-state index contributed by atoms with van der Waals surface area (Å²) in [5.41, 5.74) is 0.464. The van der Waals surface area contributed by atoms with Gasteiger partial charge < -0.3 is 15.4 Å². The van der Waals surface area contributed by atoms with E-state index >= 15 is 0 Å². The van der Waals surface area contributed by atoms with Crippen molar-refractivity contribution in [2.45, 2.75) is 19.9 Å². The fourth-order valence-electron chi connectivity index (χ4n) is 2.57. The van der Waals surface area contributed by atoms with E-state index in [0.29, 0.717) is 27.3 Å². The second-order valence-electron chi connectivity index (χ2n) is 5.77. The molecule has 26 heavy (non-hydrogen) atoms. The summed E-state index contributed by atoms with van der Waals surface area (Å²) < 4.78 is 14.1. The lowest BCUT2D eigenvalue weighted by molar-refractivity contribution is 0.0696. The Morgan fingerprint density at radius 2 is 2.12 bits per heavy atom. The van der Waals surface area contributed by atoms with Gasteiger partial charge in [-0.25, -0.2) is 19.2 Å². The molecule has 0 saturated carbocycles. The van der Waals surface area contributed by atoms with E-state index in [1.807, 2.05) is 0 Å². The molecule has 0 fully saturated rings. The minimum absolute atomic E-state index is 0.116. The molecule has 0 radical (unpaired) electrons. The van der Waals surface area contributed by atoms with E-state index in [1.54, 1.807) is 26.0 Å². The van der Waals surface area contributed by atoms with Crippen LogP contribution in [0.4, 0.5) is 10.2 Å². The van der Waals surface area contributed by atoms with Gasteiger partial charge in [-0.2, -0.15) is 0 Å². The van der Waals surface area contributed by atoms with Gasteiger partial charge in [0.1, 0.15) is 5.82 Å². The molecular weight excluding hydrogens is 363 g/mol. The number of anilines is 1. The van der Waals surface area contributed by atoms with Crippen LogP contribution in [-0.4, -0.2) is 26.0 Å². The number of nitrogens with one attached hydrogen (secondary N) is 2. The number of carboxylic acids is 1. The van der Waals surface area contributed by atoms with Crippen LogP contribution in [0, 0.1) is 12.7 Å². The first-order valence-electron chi connectivity index (χ1n) is 7.61. The Bertz CT molecular complexity index is 1080. The van der Waals surface area contributed by atoms with Crippen molar-refractivity contribution in [3.8, 4) is 0 Å². The van der Waals surface area contributed by atoms with Gasteiger partial charge in [0.05, 0.1) is 22.5 Å². The lowest BCUT2D eigenvalue weighted by atomic mass is 10.1. The Hall–Kier alpha value is -3.00. The van der Waals surface area contributed by atoms with Crippen molar-refractivity contribution in [3.63, 3.8) is 0 Å². The smallest absolute Gasteiger partial charge is 0.337 e. The van der Waals surface area contributed by atoms with Crippen LogP contribution in [0.2, 0.25) is 5.02 Å². The number of aromatic nitrogens is 3. The molecule has 7 nitrogen and oxygen atoms in total. The van der Waals surface area contributed by atoms with E-state index in [9.17, 15) is 14.0 Å². The van der Waals surface area contributed by atoms with Gasteiger partial charge in [-0.3, -0.25) is 4.79 Å². The van der Waals surface area contributed by atoms with Crippen LogP contribution < -0.4 is 10.9 Å². The Morgan fingerprint density at radius 1 is 1.38 bits per heavy atom. The maximum Gasteiger partial charge on any atom is 0.337 e. The number of benzene rings is 1. The van der Waals surface area contributed by atoms with E-state index < -0.39 is 17.8 Å². The third kappa shape index (κ3) is 3.36. The standard InChI is InChI=1S/C17H14ClFN4O3/c1-7(21-15-13(19)3-9(6-20-15)17(25)26)10-4-11-14(5-12(10)18)22-8(2)23-16(11)24/h3-7H,1-2H3,(H,20,21)(H,25,26)(H,22,23,24)/t7-/m0/s1. The van der Waals surface area contributed by atoms with Crippen LogP contribution in [0.5, 0.6) is 0 Å². The molecule has 0 amide bonds. The van der Waals surface area contributed by atoms with Crippen molar-refractivity contribution >= 4 is 34.3 Å². The number of hydrogen-bond acceptors (Lipinski definition) is 5. The quantitative estimate of drug-likeness (QED) is 0.644. The fraction of sp³-hybridized carbons (Fsp3) is 0.176. The molecule has 2 aromatic heterocycles. The first-order chi connectivity index (χ1) is 12.3. The van der Waals surface area contributed by atoms with Crippen molar-refractivity contribution in [2.24, 2.45) is 0 Å². The van der Waals surface area contributed by atoms with Gasteiger partial charge in [-0.1, -0.05) is 11.6 Å². The maximum absolute atomic E-state index is 14.1. The Balaban J connectivity index is 1.97. The monoisotopic (exact) mass is 376 g/mol. The number of rotatable bonds is 4. The van der Waals surface area contributed by atoms with Gasteiger partial charge in [-0.15, -0.1) is 0 Å². The summed E-state index contributed by atoms with van der Waals surface area (Å²) in [5, 5.41) is 12.4. The van der Waals surface area contributed by atoms with Gasteiger partial charge >= 0.3 is 5.97 Å². The number of H-pyrrole nitrogens is 1. The van der Waals surface area contributed by atoms with Crippen molar-refractivity contribution in [3.05, 3.63) is 62.5 Å². The molecule has 0 bridgehead atoms. The van der Waals surface area contributed by atoms with Crippen LogP contribution in [0.1, 0.15) is 34.7 Å². The van der Waals surface area contributed by atoms with Crippen molar-refractivity contribution in [2.75, 3.05) is 5.32 Å². The number of aromatic carboxylic acids is 1. The van der Waals surface area contributed by atoms with Crippen molar-refractivity contribution in [1.29, 1.82) is 0 Å². The summed E-state index contributed by atoms with van der Waals surface area (Å²) in [5.74, 6) is -1.71. The number of carbonyl (C=O) groups is 1. The predicted molar refractivity (Wildman–Crippen MR) is 95.3 cm³/mol. The van der Waals surface area contributed by atoms with Gasteiger partial charge in [0.2, 0.25) is 0 Å². The molecule has 1 atom stereocenters. The molecular formula is C17H14ClFN4O3. The van der Waals surface area contributed by atoms with E-state index in [0.717, 1.165) is 12.3 Å². The van der Waals surface area contributed by atoms with Crippen LogP contribution in [-0.2, 0) is 0 Å². The average molecular weight is 377 g/mol. The topological polar surface area (TPSA) is 108 Å². The predicted octanol–water partition coefficient (Wildman–Crippen LogP) is 3.29. The Morgan fingerprint density at radius 3 is 2.77 bits per heavy atom. The summed E-state index contributed by atoms with van der Waals surface area (Å²) in [6.45, 7) is 3.39. The van der Waals surface area contributed by atoms with E-state index in [2.05, 4.69) is 20.3 Å². The molecule has 2 heterocycles. The minimum atomic E-state index is -1.27. The highest BCUT2D eigenvalue weighted by Gasteiger charge is 2.16. The number of nitrogens with zero attached hydrogens (tertiary/aromatic N) is 2. The largest absolute Gasteiger partial charge is 0.478 e. The number of hydrogen-bond donors (Lipinski definition) is 3. The molecule has 0 spiro atoms. The molecule has 1 aromatic carbocycles. The third-order valence-corrected chi connectivity index (χ3v) is 4.18. The van der Waals surface area contributed by atoms with E-state index in [4.69, 9.17) is 16.7 Å². The highest BCUT2D eigenvalue weighted by Crippen LogP contribution is 2.29. The summed E-state index contributed by atoms with van der Waals surface area (Å²) >= 11 is 6.29. The zero-order valence-electron chi connectivity index (χ0n) is 13.8. The highest BCUT2D eigenvalue weighted by atomic mass is 35.5. The number of carboxylic acid groups (broad SMARTS) is 1. The zero-order valence-corrected chi connectivity index (χ0v) is 14.6. The molecule has 3 rings (SSSR count). The summed E-state index contributed by atoms with van der Waals surface area (Å²) in [6, 6.07) is 3.54. The molecule has 0 aliphatic rings. The molecule has 0 saturated heterocycles. The molecule has 0 aliphatic carbocycles. The molecule has 0 aliphatic heterocycles. The number of pyridine rings is 1. The van der Waals surface area contributed by atoms with Crippen LogP contribution in [0.15, 0.2) is 29.2 Å². The van der Waals surface area contributed by atoms with Gasteiger partial charge in [0.25, 0.3) is 5.56 Å². The second kappa shape index (κ2) is 6.72. The van der Waals surface area contributed by atoms with Crippen LogP contribution >= 0.6 is 11.6 Å². The molecule has 3 aromatic rings. The molecule has 9 heteroatoms. The maximum atomic E-state index is 14.1. The van der Waals surface area contributed by atoms with Crippen LogP contribution in [0.25, 0.3) is 10.9 Å². The summed E-state index contributed by atoms with van der Waals surface area (Å²) in [6.07, 6.45) is 1.06. The lowest BCUT2D eigenvalue weighted by Crippen LogP contribution is -2.14. The third-order valence-electron chi connectivity index (χ3n) is 3.85. The minimum Gasteiger partial charge on any atom is -0.478 e. The van der Waals surface area contributed by atoms with Crippen molar-refractivity contribution < 1.29 is 14.3 Å². The normalized spacial score (nSPS) is 12.2. The van der Waals surface area contributed by atoms with Crippen LogP contribution in [0.3, 0.4) is 0 Å². The summed E-state index contributed by atoms with van der Waals surface area (Å²) in [4.78, 5) is 33.6. The Labute approximate surface area is 151 Å². The SMILES string of the molecule is Cc1nc2cc(Cl)c([C@H](C)Nc3ncc(C(=O)O)cc3F)cc2c(=O)[nH]1. The number of aromatic amines is 1. The Kier molecular flexibility index (Phi) is 4.60. The van der Waals surface area contributed by atoms with E-state index in [1.165, 1.54) is 0 Å².